The zero-order chi connectivity index (χ0) is 16.4. The number of carbonyl (C=O) groups excluding carboxylic acids is 1. The van der Waals surface area contributed by atoms with Crippen LogP contribution in [0.4, 0.5) is 0 Å². The van der Waals surface area contributed by atoms with Crippen molar-refractivity contribution in [3.05, 3.63) is 40.9 Å². The summed E-state index contributed by atoms with van der Waals surface area (Å²) in [6.45, 7) is 2.26. The Kier molecular flexibility index (Phi) is 4.63. The van der Waals surface area contributed by atoms with Gasteiger partial charge in [-0.1, -0.05) is 30.7 Å². The molecule has 0 saturated heterocycles. The molecule has 1 unspecified atom stereocenters. The molecule has 1 saturated carbocycles. The van der Waals surface area contributed by atoms with E-state index in [4.69, 9.17) is 16.7 Å². The average Bonchev–Trinajstić information content (AvgIpc) is 3.31. The van der Waals surface area contributed by atoms with Crippen molar-refractivity contribution < 1.29 is 9.90 Å². The first-order valence-corrected chi connectivity index (χ1v) is 8.09. The van der Waals surface area contributed by atoms with Crippen molar-refractivity contribution in [2.45, 2.75) is 25.7 Å². The van der Waals surface area contributed by atoms with Crippen LogP contribution in [0.3, 0.4) is 0 Å². The molecule has 1 atom stereocenters. The molecule has 2 aromatic rings. The average molecular weight is 335 g/mol. The first kappa shape index (κ1) is 16.0. The lowest BCUT2D eigenvalue weighted by Crippen LogP contribution is -2.30. The van der Waals surface area contributed by atoms with Crippen LogP contribution in [0, 0.1) is 5.92 Å². The Labute approximate surface area is 139 Å². The number of benzene rings is 1. The van der Waals surface area contributed by atoms with Crippen molar-refractivity contribution in [1.29, 1.82) is 0 Å². The molecule has 0 bridgehead atoms. The van der Waals surface area contributed by atoms with Crippen LogP contribution in [0.15, 0.2) is 24.3 Å². The van der Waals surface area contributed by atoms with Gasteiger partial charge in [0.25, 0.3) is 5.91 Å². The van der Waals surface area contributed by atoms with Gasteiger partial charge in [0, 0.05) is 19.1 Å². The molecule has 1 fully saturated rings. The van der Waals surface area contributed by atoms with E-state index in [9.17, 15) is 4.79 Å². The smallest absolute Gasteiger partial charge is 0.290 e. The Morgan fingerprint density at radius 1 is 1.48 bits per heavy atom. The summed E-state index contributed by atoms with van der Waals surface area (Å²) in [6, 6.07) is 7.38. The van der Waals surface area contributed by atoms with Crippen LogP contribution >= 0.6 is 11.6 Å². The second-order valence-corrected chi connectivity index (χ2v) is 6.34. The maximum Gasteiger partial charge on any atom is 0.290 e. The summed E-state index contributed by atoms with van der Waals surface area (Å²) < 4.78 is 1.67. The van der Waals surface area contributed by atoms with Crippen LogP contribution in [0.25, 0.3) is 5.69 Å². The van der Waals surface area contributed by atoms with E-state index >= 15 is 0 Å². The standard InChI is InChI=1S/C16H19ClN4O2/c1-10(9-22)8-18-16(23)14-19-15(11-6-7-11)21(20-14)13-5-3-2-4-12(13)17/h2-5,10-11,22H,6-9H2,1H3,(H,18,23). The predicted octanol–water partition coefficient (Wildman–Crippen LogP) is 2.16. The molecule has 3 rings (SSSR count). The summed E-state index contributed by atoms with van der Waals surface area (Å²) >= 11 is 6.25. The van der Waals surface area contributed by atoms with E-state index in [1.807, 2.05) is 25.1 Å². The fourth-order valence-electron chi connectivity index (χ4n) is 2.24. The van der Waals surface area contributed by atoms with Gasteiger partial charge in [0.2, 0.25) is 5.82 Å². The fourth-order valence-corrected chi connectivity index (χ4v) is 2.45. The zero-order valence-electron chi connectivity index (χ0n) is 12.9. The van der Waals surface area contributed by atoms with E-state index in [1.165, 1.54) is 0 Å². The highest BCUT2D eigenvalue weighted by molar-refractivity contribution is 6.32. The third kappa shape index (κ3) is 3.54. The lowest BCUT2D eigenvalue weighted by molar-refractivity contribution is 0.0932. The number of aliphatic hydroxyl groups is 1. The molecule has 7 heteroatoms. The minimum atomic E-state index is -0.335. The van der Waals surface area contributed by atoms with Crippen molar-refractivity contribution in [3.63, 3.8) is 0 Å². The van der Waals surface area contributed by atoms with Crippen molar-refractivity contribution in [1.82, 2.24) is 20.1 Å². The fraction of sp³-hybridized carbons (Fsp3) is 0.438. The molecule has 2 N–H and O–H groups in total. The predicted molar refractivity (Wildman–Crippen MR) is 86.9 cm³/mol. The lowest BCUT2D eigenvalue weighted by atomic mass is 10.2. The zero-order valence-corrected chi connectivity index (χ0v) is 13.6. The van der Waals surface area contributed by atoms with Crippen LogP contribution in [0.1, 0.15) is 42.1 Å². The largest absolute Gasteiger partial charge is 0.396 e. The maximum absolute atomic E-state index is 12.2. The van der Waals surface area contributed by atoms with Gasteiger partial charge in [-0.15, -0.1) is 5.10 Å². The number of nitrogens with one attached hydrogen (secondary N) is 1. The van der Waals surface area contributed by atoms with Crippen molar-refractivity contribution in [3.8, 4) is 5.69 Å². The Balaban J connectivity index is 1.88. The molecule has 1 aromatic heterocycles. The van der Waals surface area contributed by atoms with Gasteiger partial charge in [0.05, 0.1) is 10.7 Å². The number of para-hydroxylation sites is 1. The molecule has 1 aliphatic rings. The molecule has 1 amide bonds. The second kappa shape index (κ2) is 6.68. The number of rotatable bonds is 6. The number of nitrogens with zero attached hydrogens (tertiary/aromatic N) is 3. The minimum absolute atomic E-state index is 0.00694. The molecule has 0 aliphatic heterocycles. The minimum Gasteiger partial charge on any atom is -0.396 e. The number of amides is 1. The molecular weight excluding hydrogens is 316 g/mol. The number of hydrogen-bond donors (Lipinski definition) is 2. The van der Waals surface area contributed by atoms with Gasteiger partial charge in [0.1, 0.15) is 5.82 Å². The first-order chi connectivity index (χ1) is 11.1. The van der Waals surface area contributed by atoms with Crippen molar-refractivity contribution in [2.24, 2.45) is 5.92 Å². The van der Waals surface area contributed by atoms with Crippen LogP contribution in [0.5, 0.6) is 0 Å². The number of aromatic nitrogens is 3. The molecule has 0 radical (unpaired) electrons. The van der Waals surface area contributed by atoms with Gasteiger partial charge in [-0.3, -0.25) is 4.79 Å². The third-order valence-corrected chi connectivity index (χ3v) is 4.10. The van der Waals surface area contributed by atoms with Gasteiger partial charge in [-0.25, -0.2) is 9.67 Å². The third-order valence-electron chi connectivity index (χ3n) is 3.78. The van der Waals surface area contributed by atoms with Gasteiger partial charge in [0.15, 0.2) is 0 Å². The van der Waals surface area contributed by atoms with Gasteiger partial charge in [-0.05, 0) is 30.9 Å². The molecule has 122 valence electrons. The highest BCUT2D eigenvalue weighted by Crippen LogP contribution is 2.40. The lowest BCUT2D eigenvalue weighted by Gasteiger charge is -2.07. The maximum atomic E-state index is 12.2. The Morgan fingerprint density at radius 2 is 2.22 bits per heavy atom. The van der Waals surface area contributed by atoms with Gasteiger partial charge >= 0.3 is 0 Å². The van der Waals surface area contributed by atoms with Crippen LogP contribution in [0.2, 0.25) is 5.02 Å². The first-order valence-electron chi connectivity index (χ1n) is 7.71. The molecule has 1 aromatic carbocycles. The SMILES string of the molecule is CC(CO)CNC(=O)c1nc(C2CC2)n(-c2ccccc2Cl)n1. The summed E-state index contributed by atoms with van der Waals surface area (Å²) in [5.41, 5.74) is 0.728. The Hall–Kier alpha value is -1.92. The summed E-state index contributed by atoms with van der Waals surface area (Å²) in [5, 5.41) is 16.7. The number of halogens is 1. The highest BCUT2D eigenvalue weighted by Gasteiger charge is 2.32. The van der Waals surface area contributed by atoms with E-state index in [2.05, 4.69) is 15.4 Å². The van der Waals surface area contributed by atoms with E-state index in [-0.39, 0.29) is 24.3 Å². The topological polar surface area (TPSA) is 80.0 Å². The van der Waals surface area contributed by atoms with E-state index in [0.717, 1.165) is 24.4 Å². The monoisotopic (exact) mass is 334 g/mol. The van der Waals surface area contributed by atoms with Crippen LogP contribution in [-0.2, 0) is 0 Å². The number of carbonyl (C=O) groups is 1. The van der Waals surface area contributed by atoms with Gasteiger partial charge < -0.3 is 10.4 Å². The van der Waals surface area contributed by atoms with Crippen LogP contribution < -0.4 is 5.32 Å². The molecule has 6 nitrogen and oxygen atoms in total. The Morgan fingerprint density at radius 3 is 2.87 bits per heavy atom. The van der Waals surface area contributed by atoms with E-state index < -0.39 is 0 Å². The normalized spacial score (nSPS) is 15.4. The van der Waals surface area contributed by atoms with Crippen molar-refractivity contribution >= 4 is 17.5 Å². The highest BCUT2D eigenvalue weighted by atomic mass is 35.5. The summed E-state index contributed by atoms with van der Waals surface area (Å²) in [4.78, 5) is 16.6. The number of aliphatic hydroxyl groups excluding tert-OH is 1. The van der Waals surface area contributed by atoms with Crippen molar-refractivity contribution in [2.75, 3.05) is 13.2 Å². The Bertz CT molecular complexity index is 712. The van der Waals surface area contributed by atoms with Crippen LogP contribution in [-0.4, -0.2) is 38.9 Å². The molecular formula is C16H19ClN4O2. The summed E-state index contributed by atoms with van der Waals surface area (Å²) in [5.74, 6) is 0.901. The van der Waals surface area contributed by atoms with Gasteiger partial charge in [-0.2, -0.15) is 0 Å². The molecule has 1 aliphatic carbocycles. The number of hydrogen-bond acceptors (Lipinski definition) is 4. The quantitative estimate of drug-likeness (QED) is 0.848. The summed E-state index contributed by atoms with van der Waals surface area (Å²) in [7, 11) is 0. The second-order valence-electron chi connectivity index (χ2n) is 5.93. The van der Waals surface area contributed by atoms with E-state index in [1.54, 1.807) is 10.7 Å². The molecule has 1 heterocycles. The molecule has 0 spiro atoms. The summed E-state index contributed by atoms with van der Waals surface area (Å²) in [6.07, 6.45) is 2.09. The van der Waals surface area contributed by atoms with E-state index in [0.29, 0.717) is 17.5 Å². The molecule has 23 heavy (non-hydrogen) atoms.